The van der Waals surface area contributed by atoms with Crippen molar-refractivity contribution in [3.63, 3.8) is 0 Å². The van der Waals surface area contributed by atoms with Crippen LogP contribution in [0.5, 0.6) is 0 Å². The Hall–Kier alpha value is -1.34. The van der Waals surface area contributed by atoms with Crippen LogP contribution in [0.1, 0.15) is 92.9 Å². The SMILES string of the molecule is CC(C)(C)C1CCC(OOC(=O)OC(=O)OOC2CCC(C(C)(C)C)CC2)CC1. The van der Waals surface area contributed by atoms with Gasteiger partial charge in [-0.1, -0.05) is 41.5 Å². The Balaban J connectivity index is 1.57. The molecule has 2 aliphatic rings. The van der Waals surface area contributed by atoms with Gasteiger partial charge in [0.05, 0.1) is 0 Å². The van der Waals surface area contributed by atoms with Crippen LogP contribution < -0.4 is 0 Å². The van der Waals surface area contributed by atoms with Crippen molar-refractivity contribution in [3.05, 3.63) is 0 Å². The second-order valence-electron chi connectivity index (χ2n) is 10.6. The number of carbonyl (C=O) groups is 2. The molecule has 0 heterocycles. The Morgan fingerprint density at radius 1 is 0.586 bits per heavy atom. The van der Waals surface area contributed by atoms with Crippen molar-refractivity contribution in [1.29, 1.82) is 0 Å². The van der Waals surface area contributed by atoms with Gasteiger partial charge in [-0.05, 0) is 74.0 Å². The van der Waals surface area contributed by atoms with Crippen LogP contribution in [0.25, 0.3) is 0 Å². The van der Waals surface area contributed by atoms with Crippen molar-refractivity contribution in [1.82, 2.24) is 0 Å². The molecule has 2 fully saturated rings. The minimum Gasteiger partial charge on any atom is -0.323 e. The van der Waals surface area contributed by atoms with Crippen molar-refractivity contribution in [3.8, 4) is 0 Å². The average molecular weight is 415 g/mol. The third kappa shape index (κ3) is 8.13. The van der Waals surface area contributed by atoms with E-state index in [4.69, 9.17) is 9.78 Å². The lowest BCUT2D eigenvalue weighted by Crippen LogP contribution is -2.30. The van der Waals surface area contributed by atoms with E-state index in [1.807, 2.05) is 0 Å². The first-order valence-corrected chi connectivity index (χ1v) is 10.9. The Bertz CT molecular complexity index is 482. The van der Waals surface area contributed by atoms with Crippen molar-refractivity contribution < 1.29 is 33.9 Å². The minimum absolute atomic E-state index is 0.175. The van der Waals surface area contributed by atoms with E-state index in [1.54, 1.807) is 0 Å². The zero-order chi connectivity index (χ0) is 21.7. The lowest BCUT2D eigenvalue weighted by Gasteiger charge is -2.36. The first kappa shape index (κ1) is 23.9. The van der Waals surface area contributed by atoms with Crippen molar-refractivity contribution in [2.45, 2.75) is 105 Å². The molecule has 0 atom stereocenters. The molecule has 2 aliphatic carbocycles. The van der Waals surface area contributed by atoms with Crippen LogP contribution in [0.2, 0.25) is 0 Å². The fourth-order valence-electron chi connectivity index (χ4n) is 4.37. The van der Waals surface area contributed by atoms with E-state index in [2.05, 4.69) is 56.1 Å². The largest absolute Gasteiger partial charge is 0.550 e. The number of hydrogen-bond donors (Lipinski definition) is 0. The van der Waals surface area contributed by atoms with Gasteiger partial charge in [-0.25, -0.2) is 9.59 Å². The van der Waals surface area contributed by atoms with E-state index in [9.17, 15) is 9.59 Å². The average Bonchev–Trinajstić information content (AvgIpc) is 2.64. The Kier molecular flexibility index (Phi) is 8.35. The smallest absolute Gasteiger partial charge is 0.323 e. The Morgan fingerprint density at radius 3 is 1.17 bits per heavy atom. The van der Waals surface area contributed by atoms with Crippen LogP contribution >= 0.6 is 0 Å². The summed E-state index contributed by atoms with van der Waals surface area (Å²) in [5.74, 6) is 1.25. The Labute approximate surface area is 174 Å². The summed E-state index contributed by atoms with van der Waals surface area (Å²) in [4.78, 5) is 42.6. The Morgan fingerprint density at radius 2 is 0.897 bits per heavy atom. The summed E-state index contributed by atoms with van der Waals surface area (Å²) < 4.78 is 4.41. The molecule has 0 saturated heterocycles. The lowest BCUT2D eigenvalue weighted by molar-refractivity contribution is -0.307. The predicted octanol–water partition coefficient (Wildman–Crippen LogP) is 6.35. The van der Waals surface area contributed by atoms with Crippen LogP contribution in [-0.4, -0.2) is 24.5 Å². The van der Waals surface area contributed by atoms with Gasteiger partial charge in [-0.15, -0.1) is 0 Å². The molecule has 7 nitrogen and oxygen atoms in total. The molecule has 0 aromatic heterocycles. The number of carbonyl (C=O) groups excluding carboxylic acids is 2. The molecule has 0 aromatic carbocycles. The van der Waals surface area contributed by atoms with E-state index in [1.165, 1.54) is 0 Å². The highest BCUT2D eigenvalue weighted by molar-refractivity contribution is 5.76. The summed E-state index contributed by atoms with van der Waals surface area (Å²) in [6.07, 6.45) is 4.44. The lowest BCUT2D eigenvalue weighted by atomic mass is 9.72. The molecular formula is C22H38O7. The van der Waals surface area contributed by atoms with Crippen LogP contribution in [0.3, 0.4) is 0 Å². The molecule has 168 valence electrons. The maximum atomic E-state index is 11.6. The van der Waals surface area contributed by atoms with Crippen molar-refractivity contribution in [2.24, 2.45) is 22.7 Å². The molecule has 0 unspecified atom stereocenters. The predicted molar refractivity (Wildman–Crippen MR) is 107 cm³/mol. The summed E-state index contributed by atoms with van der Waals surface area (Å²) in [6, 6.07) is 0. The van der Waals surface area contributed by atoms with Crippen molar-refractivity contribution in [2.75, 3.05) is 0 Å². The zero-order valence-electron chi connectivity index (χ0n) is 18.8. The molecule has 0 spiro atoms. The monoisotopic (exact) mass is 414 g/mol. The van der Waals surface area contributed by atoms with Gasteiger partial charge in [0.15, 0.2) is 0 Å². The molecular weight excluding hydrogens is 376 g/mol. The van der Waals surface area contributed by atoms with Gasteiger partial charge in [0, 0.05) is 0 Å². The molecule has 29 heavy (non-hydrogen) atoms. The van der Waals surface area contributed by atoms with E-state index in [0.29, 0.717) is 11.8 Å². The summed E-state index contributed by atoms with van der Waals surface area (Å²) >= 11 is 0. The van der Waals surface area contributed by atoms with Crippen LogP contribution in [0, 0.1) is 22.7 Å². The molecule has 0 radical (unpaired) electrons. The fourth-order valence-corrected chi connectivity index (χ4v) is 4.37. The van der Waals surface area contributed by atoms with Crippen LogP contribution in [-0.2, 0) is 24.3 Å². The molecule has 0 amide bonds. The topological polar surface area (TPSA) is 80.3 Å². The summed E-state index contributed by atoms with van der Waals surface area (Å²) in [5.41, 5.74) is 0.529. The van der Waals surface area contributed by atoms with Crippen LogP contribution in [0.4, 0.5) is 9.59 Å². The maximum absolute atomic E-state index is 11.6. The van der Waals surface area contributed by atoms with Gasteiger partial charge in [-0.2, -0.15) is 9.78 Å². The number of hydrogen-bond acceptors (Lipinski definition) is 7. The molecule has 2 rings (SSSR count). The molecule has 0 N–H and O–H groups in total. The van der Waals surface area contributed by atoms with Gasteiger partial charge < -0.3 is 4.74 Å². The van der Waals surface area contributed by atoms with Gasteiger partial charge in [0.1, 0.15) is 12.2 Å². The second-order valence-corrected chi connectivity index (χ2v) is 10.6. The van der Waals surface area contributed by atoms with E-state index in [-0.39, 0.29) is 23.0 Å². The number of ether oxygens (including phenoxy) is 1. The minimum atomic E-state index is -1.24. The van der Waals surface area contributed by atoms with Gasteiger partial charge in [-0.3, -0.25) is 9.78 Å². The van der Waals surface area contributed by atoms with Gasteiger partial charge in [0.2, 0.25) is 0 Å². The first-order valence-electron chi connectivity index (χ1n) is 10.9. The normalized spacial score (nSPS) is 28.5. The highest BCUT2D eigenvalue weighted by Gasteiger charge is 2.32. The van der Waals surface area contributed by atoms with Crippen LogP contribution in [0.15, 0.2) is 0 Å². The molecule has 0 aliphatic heterocycles. The standard InChI is InChI=1S/C22H38O7/c1-21(2,3)15-7-11-17(12-8-15)26-28-19(23)25-20(24)29-27-18-13-9-16(10-14-18)22(4,5)6/h15-18H,7-14H2,1-6H3. The second kappa shape index (κ2) is 10.1. The van der Waals surface area contributed by atoms with Gasteiger partial charge in [0.25, 0.3) is 0 Å². The quantitative estimate of drug-likeness (QED) is 0.229. The molecule has 2 saturated carbocycles. The van der Waals surface area contributed by atoms with Gasteiger partial charge >= 0.3 is 12.3 Å². The highest BCUT2D eigenvalue weighted by Crippen LogP contribution is 2.39. The zero-order valence-corrected chi connectivity index (χ0v) is 18.8. The first-order chi connectivity index (χ1) is 13.4. The molecule has 0 aromatic rings. The van der Waals surface area contributed by atoms with E-state index >= 15 is 0 Å². The summed E-state index contributed by atoms with van der Waals surface area (Å²) in [6.45, 7) is 13.4. The van der Waals surface area contributed by atoms with Crippen molar-refractivity contribution >= 4 is 12.3 Å². The maximum Gasteiger partial charge on any atom is 0.550 e. The molecule has 0 bridgehead atoms. The third-order valence-corrected chi connectivity index (χ3v) is 6.47. The fraction of sp³-hybridized carbons (Fsp3) is 0.909. The number of rotatable bonds is 4. The van der Waals surface area contributed by atoms with E-state index in [0.717, 1.165) is 51.4 Å². The van der Waals surface area contributed by atoms with E-state index < -0.39 is 12.3 Å². The third-order valence-electron chi connectivity index (χ3n) is 6.47. The summed E-state index contributed by atoms with van der Waals surface area (Å²) in [5, 5.41) is 0. The highest BCUT2D eigenvalue weighted by atomic mass is 17.3. The molecule has 7 heteroatoms. The summed E-state index contributed by atoms with van der Waals surface area (Å²) in [7, 11) is 0.